The van der Waals surface area contributed by atoms with E-state index in [1.807, 2.05) is 30.3 Å². The Kier molecular flexibility index (Phi) is 5.70. The molecular formula is C14H20O3. The van der Waals surface area contributed by atoms with Gasteiger partial charge in [0.05, 0.1) is 0 Å². The summed E-state index contributed by atoms with van der Waals surface area (Å²) in [5.74, 6) is -0.0546. The molecule has 0 saturated carbocycles. The highest BCUT2D eigenvalue weighted by molar-refractivity contribution is 5.74. The Balaban J connectivity index is 2.29. The van der Waals surface area contributed by atoms with E-state index in [9.17, 15) is 9.90 Å². The molecule has 0 aliphatic rings. The smallest absolute Gasteiger partial charge is 0.335 e. The lowest BCUT2D eigenvalue weighted by atomic mass is 10.1. The van der Waals surface area contributed by atoms with Crippen LogP contribution in [0.15, 0.2) is 30.3 Å². The highest BCUT2D eigenvalue weighted by Crippen LogP contribution is 2.09. The first-order valence-electron chi connectivity index (χ1n) is 5.98. The topological polar surface area (TPSA) is 46.5 Å². The number of aliphatic hydroxyl groups is 1. The van der Waals surface area contributed by atoms with Crippen LogP contribution >= 0.6 is 0 Å². The quantitative estimate of drug-likeness (QED) is 0.772. The number of ether oxygens (including phenoxy) is 1. The van der Waals surface area contributed by atoms with Crippen LogP contribution in [0.1, 0.15) is 32.3 Å². The van der Waals surface area contributed by atoms with Crippen molar-refractivity contribution < 1.29 is 14.6 Å². The normalized spacial score (nSPS) is 12.5. The fourth-order valence-electron chi connectivity index (χ4n) is 1.43. The number of aliphatic hydroxyl groups excluding tert-OH is 1. The molecule has 1 unspecified atom stereocenters. The van der Waals surface area contributed by atoms with Crippen LogP contribution in [0.2, 0.25) is 0 Å². The molecule has 1 N–H and O–H groups in total. The lowest BCUT2D eigenvalue weighted by Crippen LogP contribution is -2.23. The van der Waals surface area contributed by atoms with Gasteiger partial charge < -0.3 is 9.84 Å². The minimum atomic E-state index is -0.999. The van der Waals surface area contributed by atoms with Crippen LogP contribution in [0.3, 0.4) is 0 Å². The average molecular weight is 236 g/mol. The molecule has 1 rings (SSSR count). The van der Waals surface area contributed by atoms with E-state index in [0.29, 0.717) is 12.3 Å². The molecule has 1 aromatic rings. The van der Waals surface area contributed by atoms with Crippen molar-refractivity contribution in [2.75, 3.05) is 0 Å². The summed E-state index contributed by atoms with van der Waals surface area (Å²) in [7, 11) is 0. The van der Waals surface area contributed by atoms with Crippen molar-refractivity contribution >= 4 is 5.97 Å². The molecule has 0 fully saturated rings. The van der Waals surface area contributed by atoms with Gasteiger partial charge in [-0.1, -0.05) is 44.2 Å². The van der Waals surface area contributed by atoms with Crippen LogP contribution in [-0.4, -0.2) is 17.2 Å². The van der Waals surface area contributed by atoms with Crippen molar-refractivity contribution in [2.45, 2.75) is 39.4 Å². The Morgan fingerprint density at radius 1 is 1.24 bits per heavy atom. The summed E-state index contributed by atoms with van der Waals surface area (Å²) in [6.45, 7) is 4.34. The zero-order chi connectivity index (χ0) is 12.7. The van der Waals surface area contributed by atoms with E-state index < -0.39 is 12.1 Å². The molecule has 0 amide bonds. The summed E-state index contributed by atoms with van der Waals surface area (Å²) in [6.07, 6.45) is 0.286. The van der Waals surface area contributed by atoms with Gasteiger partial charge in [-0.2, -0.15) is 0 Å². The van der Waals surface area contributed by atoms with Gasteiger partial charge in [0.1, 0.15) is 6.61 Å². The summed E-state index contributed by atoms with van der Waals surface area (Å²) in [5.41, 5.74) is 0.928. The number of esters is 1. The van der Waals surface area contributed by atoms with E-state index in [1.54, 1.807) is 0 Å². The third-order valence-electron chi connectivity index (χ3n) is 2.51. The van der Waals surface area contributed by atoms with Crippen molar-refractivity contribution in [3.63, 3.8) is 0 Å². The summed E-state index contributed by atoms with van der Waals surface area (Å²) in [5, 5.41) is 9.57. The SMILES string of the molecule is CC(C)CCC(O)C(=O)OCc1ccccc1. The van der Waals surface area contributed by atoms with Crippen LogP contribution in [0, 0.1) is 5.92 Å². The van der Waals surface area contributed by atoms with Gasteiger partial charge >= 0.3 is 5.97 Å². The van der Waals surface area contributed by atoms with E-state index in [0.717, 1.165) is 12.0 Å². The molecule has 3 heteroatoms. The standard InChI is InChI=1S/C14H20O3/c1-11(2)8-9-13(15)14(16)17-10-12-6-4-3-5-7-12/h3-7,11,13,15H,8-10H2,1-2H3. The Morgan fingerprint density at radius 3 is 2.47 bits per heavy atom. The fraction of sp³-hybridized carbons (Fsp3) is 0.500. The van der Waals surface area contributed by atoms with Crippen LogP contribution in [0.25, 0.3) is 0 Å². The van der Waals surface area contributed by atoms with Gasteiger partial charge in [-0.3, -0.25) is 0 Å². The number of benzene rings is 1. The van der Waals surface area contributed by atoms with Crippen molar-refractivity contribution in [1.29, 1.82) is 0 Å². The molecule has 1 atom stereocenters. The van der Waals surface area contributed by atoms with Crippen LogP contribution in [0.5, 0.6) is 0 Å². The van der Waals surface area contributed by atoms with E-state index in [4.69, 9.17) is 4.74 Å². The molecular weight excluding hydrogens is 216 g/mol. The lowest BCUT2D eigenvalue weighted by molar-refractivity contribution is -0.155. The number of carbonyl (C=O) groups excluding carboxylic acids is 1. The Labute approximate surface area is 102 Å². The molecule has 0 radical (unpaired) electrons. The van der Waals surface area contributed by atoms with Gasteiger partial charge in [0.2, 0.25) is 0 Å². The van der Waals surface area contributed by atoms with E-state index in [2.05, 4.69) is 13.8 Å². The summed E-state index contributed by atoms with van der Waals surface area (Å²) in [4.78, 5) is 11.5. The zero-order valence-corrected chi connectivity index (χ0v) is 10.4. The molecule has 0 aromatic heterocycles. The first kappa shape index (κ1) is 13.7. The molecule has 0 aliphatic heterocycles. The maximum absolute atomic E-state index is 11.5. The van der Waals surface area contributed by atoms with Gasteiger partial charge in [-0.15, -0.1) is 0 Å². The van der Waals surface area contributed by atoms with Gasteiger partial charge in [-0.25, -0.2) is 4.79 Å². The molecule has 17 heavy (non-hydrogen) atoms. The monoisotopic (exact) mass is 236 g/mol. The molecule has 3 nitrogen and oxygen atoms in total. The molecule has 0 aliphatic carbocycles. The van der Waals surface area contributed by atoms with Crippen molar-refractivity contribution in [3.8, 4) is 0 Å². The van der Waals surface area contributed by atoms with Crippen LogP contribution in [-0.2, 0) is 16.1 Å². The number of hydrogen-bond donors (Lipinski definition) is 1. The van der Waals surface area contributed by atoms with Gasteiger partial charge in [0.25, 0.3) is 0 Å². The summed E-state index contributed by atoms with van der Waals surface area (Å²) >= 11 is 0. The summed E-state index contributed by atoms with van der Waals surface area (Å²) in [6, 6.07) is 9.45. The number of rotatable bonds is 6. The highest BCUT2D eigenvalue weighted by Gasteiger charge is 2.16. The Hall–Kier alpha value is -1.35. The number of hydrogen-bond acceptors (Lipinski definition) is 3. The zero-order valence-electron chi connectivity index (χ0n) is 10.4. The van der Waals surface area contributed by atoms with E-state index in [-0.39, 0.29) is 6.61 Å². The lowest BCUT2D eigenvalue weighted by Gasteiger charge is -2.11. The van der Waals surface area contributed by atoms with Crippen molar-refractivity contribution in [1.82, 2.24) is 0 Å². The minimum absolute atomic E-state index is 0.221. The second-order valence-corrected chi connectivity index (χ2v) is 4.58. The van der Waals surface area contributed by atoms with Crippen molar-refractivity contribution in [2.24, 2.45) is 5.92 Å². The summed E-state index contributed by atoms with van der Waals surface area (Å²) < 4.78 is 5.03. The first-order valence-corrected chi connectivity index (χ1v) is 5.98. The van der Waals surface area contributed by atoms with Gasteiger partial charge in [0.15, 0.2) is 6.10 Å². The molecule has 0 bridgehead atoms. The molecule has 0 saturated heterocycles. The minimum Gasteiger partial charge on any atom is -0.459 e. The van der Waals surface area contributed by atoms with Gasteiger partial charge in [-0.05, 0) is 24.3 Å². The maximum Gasteiger partial charge on any atom is 0.335 e. The molecule has 1 aromatic carbocycles. The largest absolute Gasteiger partial charge is 0.459 e. The predicted molar refractivity (Wildman–Crippen MR) is 66.3 cm³/mol. The second kappa shape index (κ2) is 7.07. The Morgan fingerprint density at radius 2 is 1.88 bits per heavy atom. The fourth-order valence-corrected chi connectivity index (χ4v) is 1.43. The van der Waals surface area contributed by atoms with E-state index in [1.165, 1.54) is 0 Å². The molecule has 0 spiro atoms. The molecule has 0 heterocycles. The number of carbonyl (C=O) groups is 1. The van der Waals surface area contributed by atoms with Crippen LogP contribution < -0.4 is 0 Å². The van der Waals surface area contributed by atoms with Crippen LogP contribution in [0.4, 0.5) is 0 Å². The first-order chi connectivity index (χ1) is 8.09. The maximum atomic E-state index is 11.5. The predicted octanol–water partition coefficient (Wildman–Crippen LogP) is 2.53. The Bertz CT molecular complexity index is 333. The third kappa shape index (κ3) is 5.50. The average Bonchev–Trinajstić information content (AvgIpc) is 2.34. The van der Waals surface area contributed by atoms with E-state index >= 15 is 0 Å². The van der Waals surface area contributed by atoms with Crippen molar-refractivity contribution in [3.05, 3.63) is 35.9 Å². The second-order valence-electron chi connectivity index (χ2n) is 4.58. The van der Waals surface area contributed by atoms with Gasteiger partial charge in [0, 0.05) is 0 Å². The third-order valence-corrected chi connectivity index (χ3v) is 2.51. The molecule has 94 valence electrons. The highest BCUT2D eigenvalue weighted by atomic mass is 16.5.